The second kappa shape index (κ2) is 15.8. The highest BCUT2D eigenvalue weighted by atomic mass is 16.2. The summed E-state index contributed by atoms with van der Waals surface area (Å²) in [6, 6.07) is -1.46. The molecule has 6 rings (SSSR count). The number of nitrogens with one attached hydrogen (secondary N) is 5. The van der Waals surface area contributed by atoms with Crippen LogP contribution in [0.5, 0.6) is 0 Å². The molecule has 13 heteroatoms. The predicted octanol–water partition coefficient (Wildman–Crippen LogP) is 1.02. The van der Waals surface area contributed by atoms with Gasteiger partial charge in [0.15, 0.2) is 0 Å². The van der Waals surface area contributed by atoms with Crippen molar-refractivity contribution in [2.45, 2.75) is 152 Å². The Morgan fingerprint density at radius 1 is 0.347 bits per heavy atom. The molecule has 9 N–H and O–H groups in total. The Hall–Kier alpha value is -3.22. The fourth-order valence-electron chi connectivity index (χ4n) is 10.0. The highest BCUT2D eigenvalue weighted by molar-refractivity contribution is 5.87. The molecule has 0 unspecified atom stereocenters. The molecule has 0 bridgehead atoms. The van der Waals surface area contributed by atoms with Crippen molar-refractivity contribution in [1.82, 2.24) is 26.6 Å². The van der Waals surface area contributed by atoms with Crippen LogP contribution >= 0.6 is 0 Å². The summed E-state index contributed by atoms with van der Waals surface area (Å²) in [5.74, 6) is -2.88. The van der Waals surface area contributed by atoms with Crippen LogP contribution in [0.15, 0.2) is 0 Å². The maximum absolute atomic E-state index is 13.6. The normalized spacial score (nSPS) is 38.6. The summed E-state index contributed by atoms with van der Waals surface area (Å²) >= 11 is 0. The first-order chi connectivity index (χ1) is 23.6. The molecule has 272 valence electrons. The Kier molecular flexibility index (Phi) is 11.5. The quantitative estimate of drug-likeness (QED) is 0.168. The van der Waals surface area contributed by atoms with E-state index in [0.717, 1.165) is 64.2 Å². The van der Waals surface area contributed by atoms with Gasteiger partial charge in [-0.25, -0.2) is 0 Å². The van der Waals surface area contributed by atoms with E-state index in [2.05, 4.69) is 26.6 Å². The van der Waals surface area contributed by atoms with Crippen LogP contribution in [0.3, 0.4) is 0 Å². The molecule has 6 amide bonds. The molecule has 13 nitrogen and oxygen atoms in total. The Bertz CT molecular complexity index is 1280. The zero-order valence-electron chi connectivity index (χ0n) is 28.8. The van der Waals surface area contributed by atoms with Crippen molar-refractivity contribution in [2.75, 3.05) is 0 Å². The molecule has 0 aromatic carbocycles. The van der Waals surface area contributed by atoms with Crippen molar-refractivity contribution in [2.24, 2.45) is 47.0 Å². The number of nitrogens with two attached hydrogens (primary N) is 2. The SMILES string of the molecule is NC(=O)[C@@H]1CCC[C@@H]1NC(=O)[C@@H]1CCC[C@@H]1NC(=O)[C@@H]1CCC[C@@H]1NC(=O)[C@@H]1CCC[C@@H]1NC(=O)[C@@H]1CCC[C@@H]1NC(=O)[C@@H]1CCC[C@@H]1N. The smallest absolute Gasteiger partial charge is 0.225 e. The Balaban J connectivity index is 0.991. The lowest BCUT2D eigenvalue weighted by Gasteiger charge is -2.29. The minimum Gasteiger partial charge on any atom is -0.369 e. The van der Waals surface area contributed by atoms with E-state index >= 15 is 0 Å². The fraction of sp³-hybridized carbons (Fsp3) is 0.833. The van der Waals surface area contributed by atoms with Gasteiger partial charge in [0.05, 0.1) is 35.5 Å². The van der Waals surface area contributed by atoms with Crippen molar-refractivity contribution < 1.29 is 28.8 Å². The first kappa shape index (κ1) is 35.6. The number of amides is 6. The minimum atomic E-state index is -0.382. The second-order valence-corrected chi connectivity index (χ2v) is 15.9. The lowest BCUT2D eigenvalue weighted by molar-refractivity contribution is -0.130. The molecular formula is C36H57N7O6. The van der Waals surface area contributed by atoms with Crippen LogP contribution < -0.4 is 38.1 Å². The molecule has 0 aromatic heterocycles. The number of rotatable bonds is 11. The third-order valence-corrected chi connectivity index (χ3v) is 12.8. The lowest BCUT2D eigenvalue weighted by Crippen LogP contribution is -2.53. The molecule has 6 aliphatic carbocycles. The van der Waals surface area contributed by atoms with Crippen LogP contribution in [0, 0.1) is 35.5 Å². The van der Waals surface area contributed by atoms with Gasteiger partial charge in [0.25, 0.3) is 0 Å². The van der Waals surface area contributed by atoms with Crippen molar-refractivity contribution in [3.8, 4) is 0 Å². The van der Waals surface area contributed by atoms with Crippen LogP contribution in [-0.2, 0) is 28.8 Å². The summed E-state index contributed by atoms with van der Waals surface area (Å²) in [5.41, 5.74) is 11.7. The first-order valence-corrected chi connectivity index (χ1v) is 19.2. The van der Waals surface area contributed by atoms with Gasteiger partial charge < -0.3 is 38.1 Å². The van der Waals surface area contributed by atoms with E-state index in [9.17, 15) is 28.8 Å². The van der Waals surface area contributed by atoms with E-state index in [4.69, 9.17) is 11.5 Å². The van der Waals surface area contributed by atoms with Gasteiger partial charge in [-0.1, -0.05) is 38.5 Å². The van der Waals surface area contributed by atoms with Gasteiger partial charge >= 0.3 is 0 Å². The summed E-state index contributed by atoms with van der Waals surface area (Å²) in [7, 11) is 0. The number of hydrogen-bond acceptors (Lipinski definition) is 7. The van der Waals surface area contributed by atoms with Gasteiger partial charge in [0.2, 0.25) is 35.4 Å². The summed E-state index contributed by atoms with van der Waals surface area (Å²) in [4.78, 5) is 78.7. The standard InChI is InChI=1S/C36H57N7O6/c37-25-13-1-7-19(25)32(45)40-27-15-3-9-21(27)34(47)42-29-17-5-11-23(29)36(49)43-30-18-6-12-24(30)35(48)41-28-16-4-10-22(28)33(46)39-26-14-2-8-20(26)31(38)44/h19-30H,1-18,37H2,(H2,38,44)(H,39,46)(H,40,45)(H,41,48)(H,42,47)(H,43,49)/t19-,20-,21-,22-,23-,24-,25+,26+,27+,28+,29+,30+/m1/s1. The molecular weight excluding hydrogens is 626 g/mol. The Morgan fingerprint density at radius 3 is 0.878 bits per heavy atom. The molecule has 12 atom stereocenters. The van der Waals surface area contributed by atoms with E-state index < -0.39 is 0 Å². The third kappa shape index (κ3) is 8.07. The highest BCUT2D eigenvalue weighted by Crippen LogP contribution is 2.34. The van der Waals surface area contributed by atoms with E-state index in [1.165, 1.54) is 0 Å². The zero-order valence-corrected chi connectivity index (χ0v) is 28.8. The van der Waals surface area contributed by atoms with E-state index in [0.29, 0.717) is 51.4 Å². The predicted molar refractivity (Wildman–Crippen MR) is 181 cm³/mol. The van der Waals surface area contributed by atoms with Crippen LogP contribution in [-0.4, -0.2) is 71.7 Å². The van der Waals surface area contributed by atoms with Crippen molar-refractivity contribution in [3.05, 3.63) is 0 Å². The maximum Gasteiger partial charge on any atom is 0.225 e. The number of primary amides is 1. The van der Waals surface area contributed by atoms with Gasteiger partial charge in [-0.15, -0.1) is 0 Å². The molecule has 0 saturated heterocycles. The van der Waals surface area contributed by atoms with Gasteiger partial charge in [-0.05, 0) is 77.0 Å². The summed E-state index contributed by atoms with van der Waals surface area (Å²) in [5, 5.41) is 15.7. The fourth-order valence-corrected chi connectivity index (χ4v) is 10.0. The molecule has 6 aliphatic rings. The summed E-state index contributed by atoms with van der Waals surface area (Å²) in [6.45, 7) is 0. The average molecular weight is 684 g/mol. The maximum atomic E-state index is 13.6. The molecule has 6 fully saturated rings. The highest BCUT2D eigenvalue weighted by Gasteiger charge is 2.44. The monoisotopic (exact) mass is 683 g/mol. The van der Waals surface area contributed by atoms with Gasteiger partial charge in [-0.3, -0.25) is 28.8 Å². The second-order valence-electron chi connectivity index (χ2n) is 15.9. The topological polar surface area (TPSA) is 215 Å². The first-order valence-electron chi connectivity index (χ1n) is 19.2. The Morgan fingerprint density at radius 2 is 0.592 bits per heavy atom. The van der Waals surface area contributed by atoms with Crippen molar-refractivity contribution in [3.63, 3.8) is 0 Å². The number of carbonyl (C=O) groups excluding carboxylic acids is 6. The van der Waals surface area contributed by atoms with Crippen molar-refractivity contribution >= 4 is 35.4 Å². The number of hydrogen-bond donors (Lipinski definition) is 7. The van der Waals surface area contributed by atoms with Gasteiger partial charge in [0.1, 0.15) is 0 Å². The van der Waals surface area contributed by atoms with E-state index in [-0.39, 0.29) is 107 Å². The molecule has 0 aliphatic heterocycles. The molecule has 0 spiro atoms. The zero-order chi connectivity index (χ0) is 34.7. The molecule has 0 heterocycles. The van der Waals surface area contributed by atoms with Gasteiger partial charge in [-0.2, -0.15) is 0 Å². The summed E-state index contributed by atoms with van der Waals surface area (Å²) in [6.07, 6.45) is 13.8. The van der Waals surface area contributed by atoms with Crippen LogP contribution in [0.2, 0.25) is 0 Å². The third-order valence-electron chi connectivity index (χ3n) is 12.8. The van der Waals surface area contributed by atoms with Crippen molar-refractivity contribution in [1.29, 1.82) is 0 Å². The minimum absolute atomic E-state index is 0.0443. The van der Waals surface area contributed by atoms with Crippen LogP contribution in [0.1, 0.15) is 116 Å². The Labute approximate surface area is 289 Å². The van der Waals surface area contributed by atoms with Crippen LogP contribution in [0.25, 0.3) is 0 Å². The lowest BCUT2D eigenvalue weighted by atomic mass is 9.95. The van der Waals surface area contributed by atoms with Gasteiger partial charge in [0, 0.05) is 36.3 Å². The molecule has 6 saturated carbocycles. The largest absolute Gasteiger partial charge is 0.369 e. The van der Waals surface area contributed by atoms with E-state index in [1.807, 2.05) is 0 Å². The molecule has 0 radical (unpaired) electrons. The molecule has 0 aromatic rings. The number of carbonyl (C=O) groups is 6. The van der Waals surface area contributed by atoms with E-state index in [1.54, 1.807) is 0 Å². The average Bonchev–Trinajstić information content (AvgIpc) is 3.89. The molecule has 49 heavy (non-hydrogen) atoms. The van der Waals surface area contributed by atoms with Crippen LogP contribution in [0.4, 0.5) is 0 Å². The summed E-state index contributed by atoms with van der Waals surface area (Å²) < 4.78 is 0.